The highest BCUT2D eigenvalue weighted by Crippen LogP contribution is 2.31. The number of fused-ring (bicyclic) bond motifs is 1. The molecule has 1 atom stereocenters. The summed E-state index contributed by atoms with van der Waals surface area (Å²) in [5.74, 6) is -3.45. The van der Waals surface area contributed by atoms with Crippen LogP contribution in [0.1, 0.15) is 36.5 Å². The number of nitrogens with one attached hydrogen (secondary N) is 1. The number of benzene rings is 1. The molecule has 0 radical (unpaired) electrons. The molecule has 2 fully saturated rings. The van der Waals surface area contributed by atoms with Crippen molar-refractivity contribution in [3.05, 3.63) is 39.7 Å². The highest BCUT2D eigenvalue weighted by Gasteiger charge is 2.29. The Morgan fingerprint density at radius 2 is 2.17 bits per heavy atom. The molecule has 1 aliphatic heterocycles. The minimum absolute atomic E-state index is 0.0544. The Balaban J connectivity index is 1.69. The average molecular weight is 422 g/mol. The smallest absolute Gasteiger partial charge is 0.343 e. The second-order valence-electron chi connectivity index (χ2n) is 7.52. The Hall–Kier alpha value is -2.52. The van der Waals surface area contributed by atoms with Crippen molar-refractivity contribution < 1.29 is 27.8 Å². The fourth-order valence-electron chi connectivity index (χ4n) is 3.51. The summed E-state index contributed by atoms with van der Waals surface area (Å²) in [5.41, 5.74) is -0.777. The lowest BCUT2D eigenvalue weighted by molar-refractivity contribution is 0.0470. The van der Waals surface area contributed by atoms with Gasteiger partial charge in [0.15, 0.2) is 11.6 Å². The molecule has 9 heteroatoms. The Morgan fingerprint density at radius 1 is 1.37 bits per heavy atom. The molecule has 0 bridgehead atoms. The van der Waals surface area contributed by atoms with Gasteiger partial charge < -0.3 is 24.1 Å². The monoisotopic (exact) mass is 422 g/mol. The van der Waals surface area contributed by atoms with Gasteiger partial charge in [-0.05, 0) is 32.3 Å². The normalized spacial score (nSPS) is 19.1. The van der Waals surface area contributed by atoms with Crippen LogP contribution in [0.25, 0.3) is 10.9 Å². The molecular weight excluding hydrogens is 398 g/mol. The van der Waals surface area contributed by atoms with Gasteiger partial charge in [0.05, 0.1) is 30.7 Å². The molecule has 0 spiro atoms. The number of aromatic nitrogens is 1. The molecule has 2 aliphatic rings. The number of morpholine rings is 1. The summed E-state index contributed by atoms with van der Waals surface area (Å²) in [6.07, 6.45) is 3.21. The zero-order valence-electron chi connectivity index (χ0n) is 16.7. The summed E-state index contributed by atoms with van der Waals surface area (Å²) in [7, 11) is 0. The second-order valence-corrected chi connectivity index (χ2v) is 7.52. The van der Waals surface area contributed by atoms with Gasteiger partial charge in [-0.2, -0.15) is 4.39 Å². The summed E-state index contributed by atoms with van der Waals surface area (Å²) < 4.78 is 46.7. The fraction of sp³-hybridized carbons (Fsp3) is 0.524. The van der Waals surface area contributed by atoms with Crippen molar-refractivity contribution in [2.75, 3.05) is 26.4 Å². The van der Waals surface area contributed by atoms with Gasteiger partial charge in [-0.1, -0.05) is 0 Å². The summed E-state index contributed by atoms with van der Waals surface area (Å²) in [6.45, 7) is 4.07. The van der Waals surface area contributed by atoms with Crippen molar-refractivity contribution >= 4 is 16.9 Å². The summed E-state index contributed by atoms with van der Waals surface area (Å²) in [5, 5.41) is 3.15. The Morgan fingerprint density at radius 3 is 2.83 bits per heavy atom. The Labute approximate surface area is 171 Å². The predicted molar refractivity (Wildman–Crippen MR) is 105 cm³/mol. The number of halogens is 2. The number of carbonyl (C=O) groups excluding carboxylic acids is 1. The molecule has 30 heavy (non-hydrogen) atoms. The second kappa shape index (κ2) is 8.69. The van der Waals surface area contributed by atoms with Crippen LogP contribution < -0.4 is 15.5 Å². The third-order valence-corrected chi connectivity index (χ3v) is 5.28. The van der Waals surface area contributed by atoms with E-state index in [0.717, 1.165) is 25.5 Å². The Kier molecular flexibility index (Phi) is 6.01. The summed E-state index contributed by atoms with van der Waals surface area (Å²) >= 11 is 0. The highest BCUT2D eigenvalue weighted by molar-refractivity contribution is 5.95. The third kappa shape index (κ3) is 4.17. The lowest BCUT2D eigenvalue weighted by Crippen LogP contribution is -2.42. The zero-order valence-corrected chi connectivity index (χ0v) is 16.7. The quantitative estimate of drug-likeness (QED) is 0.691. The van der Waals surface area contributed by atoms with Crippen LogP contribution >= 0.6 is 0 Å². The van der Waals surface area contributed by atoms with E-state index in [9.17, 15) is 18.4 Å². The van der Waals surface area contributed by atoms with Gasteiger partial charge >= 0.3 is 5.97 Å². The maximum absolute atomic E-state index is 14.6. The number of ether oxygens (including phenoxy) is 3. The number of aryl methyl sites for hydroxylation is 1. The maximum Gasteiger partial charge on any atom is 0.343 e. The molecular formula is C21H24F2N2O5. The van der Waals surface area contributed by atoms with E-state index in [2.05, 4.69) is 5.32 Å². The summed E-state index contributed by atoms with van der Waals surface area (Å²) in [4.78, 5) is 25.2. The van der Waals surface area contributed by atoms with Crippen molar-refractivity contribution in [2.45, 2.75) is 44.9 Å². The minimum atomic E-state index is -1.20. The maximum atomic E-state index is 14.6. The van der Waals surface area contributed by atoms with Gasteiger partial charge in [0.1, 0.15) is 11.7 Å². The number of hydrogen-bond acceptors (Lipinski definition) is 6. The standard InChI is InChI=1S/C21H24F2N2O5/c1-2-25-10-15(21(27)30-13-3-4-13)19(26)14-9-16(22)17(23)20(18(14)25)29-7-5-12-11-28-8-6-24-12/h9-10,12-13,24H,2-8,11H2,1H3. The van der Waals surface area contributed by atoms with Crippen LogP contribution in [0.3, 0.4) is 0 Å². The van der Waals surface area contributed by atoms with E-state index in [0.29, 0.717) is 26.2 Å². The van der Waals surface area contributed by atoms with E-state index in [1.807, 2.05) is 0 Å². The van der Waals surface area contributed by atoms with Gasteiger partial charge in [0, 0.05) is 25.3 Å². The number of hydrogen-bond donors (Lipinski definition) is 1. The van der Waals surface area contributed by atoms with E-state index >= 15 is 0 Å². The van der Waals surface area contributed by atoms with Crippen LogP contribution in [-0.2, 0) is 16.0 Å². The van der Waals surface area contributed by atoms with Crippen molar-refractivity contribution in [2.24, 2.45) is 0 Å². The number of carbonyl (C=O) groups is 1. The number of rotatable bonds is 7. The Bertz CT molecular complexity index is 1010. The molecule has 1 N–H and O–H groups in total. The molecule has 2 heterocycles. The van der Waals surface area contributed by atoms with E-state index in [1.54, 1.807) is 6.92 Å². The van der Waals surface area contributed by atoms with Crippen LogP contribution in [0.2, 0.25) is 0 Å². The van der Waals surface area contributed by atoms with Crippen LogP contribution in [0, 0.1) is 11.6 Å². The highest BCUT2D eigenvalue weighted by atomic mass is 19.2. The lowest BCUT2D eigenvalue weighted by atomic mass is 10.1. The van der Waals surface area contributed by atoms with Crippen molar-refractivity contribution in [1.82, 2.24) is 9.88 Å². The van der Waals surface area contributed by atoms with E-state index in [4.69, 9.17) is 14.2 Å². The van der Waals surface area contributed by atoms with Gasteiger partial charge in [-0.25, -0.2) is 9.18 Å². The van der Waals surface area contributed by atoms with Gasteiger partial charge in [-0.3, -0.25) is 4.79 Å². The van der Waals surface area contributed by atoms with Crippen molar-refractivity contribution in [3.8, 4) is 5.75 Å². The first-order valence-electron chi connectivity index (χ1n) is 10.2. The van der Waals surface area contributed by atoms with Gasteiger partial charge in [0.25, 0.3) is 0 Å². The molecule has 1 aliphatic carbocycles. The topological polar surface area (TPSA) is 78.8 Å². The first kappa shape index (κ1) is 20.7. The molecule has 2 aromatic rings. The first-order valence-corrected chi connectivity index (χ1v) is 10.2. The van der Waals surface area contributed by atoms with Crippen LogP contribution in [0.5, 0.6) is 5.75 Å². The first-order chi connectivity index (χ1) is 14.5. The zero-order chi connectivity index (χ0) is 21.3. The number of pyridine rings is 1. The lowest BCUT2D eigenvalue weighted by Gasteiger charge is -2.24. The number of esters is 1. The van der Waals surface area contributed by atoms with Crippen molar-refractivity contribution in [1.29, 1.82) is 0 Å². The molecule has 1 saturated heterocycles. The van der Waals surface area contributed by atoms with Gasteiger partial charge in [-0.15, -0.1) is 0 Å². The van der Waals surface area contributed by atoms with Gasteiger partial charge in [0.2, 0.25) is 11.2 Å². The molecule has 0 amide bonds. The molecule has 7 nitrogen and oxygen atoms in total. The molecule has 162 valence electrons. The SMILES string of the molecule is CCn1cc(C(=O)OC2CC2)c(=O)c2cc(F)c(F)c(OCCC3COCCN3)c21. The van der Waals surface area contributed by atoms with Crippen LogP contribution in [-0.4, -0.2) is 49.0 Å². The van der Waals surface area contributed by atoms with E-state index < -0.39 is 23.0 Å². The van der Waals surface area contributed by atoms with Crippen LogP contribution in [0.15, 0.2) is 17.1 Å². The largest absolute Gasteiger partial charge is 0.488 e. The molecule has 4 rings (SSSR count). The van der Waals surface area contributed by atoms with Crippen molar-refractivity contribution in [3.63, 3.8) is 0 Å². The molecule has 1 saturated carbocycles. The van der Waals surface area contributed by atoms with E-state index in [-0.39, 0.29) is 41.0 Å². The molecule has 1 aromatic heterocycles. The molecule has 1 unspecified atom stereocenters. The average Bonchev–Trinajstić information content (AvgIpc) is 3.56. The minimum Gasteiger partial charge on any atom is -0.488 e. The third-order valence-electron chi connectivity index (χ3n) is 5.28. The number of nitrogens with zero attached hydrogens (tertiary/aromatic N) is 1. The fourth-order valence-corrected chi connectivity index (χ4v) is 3.51. The predicted octanol–water partition coefficient (Wildman–Crippen LogP) is 2.38. The summed E-state index contributed by atoms with van der Waals surface area (Å²) in [6, 6.07) is 0.870. The van der Waals surface area contributed by atoms with E-state index in [1.165, 1.54) is 10.8 Å². The van der Waals surface area contributed by atoms with Crippen LogP contribution in [0.4, 0.5) is 8.78 Å². The molecule has 1 aromatic carbocycles.